The highest BCUT2D eigenvalue weighted by Gasteiger charge is 2.15. The Labute approximate surface area is 70.3 Å². The summed E-state index contributed by atoms with van der Waals surface area (Å²) >= 11 is 5.50. The zero-order valence-electron chi connectivity index (χ0n) is 5.83. The van der Waals surface area contributed by atoms with E-state index in [2.05, 4.69) is 18.0 Å². The van der Waals surface area contributed by atoms with Crippen LogP contribution in [0.1, 0.15) is 0 Å². The van der Waals surface area contributed by atoms with Crippen molar-refractivity contribution in [2.24, 2.45) is 0 Å². The van der Waals surface area contributed by atoms with E-state index < -0.39 is 7.12 Å². The Morgan fingerprint density at radius 1 is 1.64 bits per heavy atom. The van der Waals surface area contributed by atoms with Gasteiger partial charge in [-0.25, -0.2) is 0 Å². The van der Waals surface area contributed by atoms with Crippen LogP contribution in [0.5, 0.6) is 0 Å². The molecule has 0 unspecified atom stereocenters. The molecule has 0 aliphatic rings. The van der Waals surface area contributed by atoms with Gasteiger partial charge in [-0.2, -0.15) is 0 Å². The third-order valence-electron chi connectivity index (χ3n) is 0.935. The van der Waals surface area contributed by atoms with Gasteiger partial charge < -0.3 is 5.02 Å². The maximum absolute atomic E-state index is 8.76. The molecule has 0 atom stereocenters. The second kappa shape index (κ2) is 5.15. The van der Waals surface area contributed by atoms with Crippen molar-refractivity contribution in [2.75, 3.05) is 0 Å². The lowest BCUT2D eigenvalue weighted by atomic mass is 9.80. The summed E-state index contributed by atoms with van der Waals surface area (Å²) in [5, 5.41) is 17.1. The summed E-state index contributed by atoms with van der Waals surface area (Å²) in [4.78, 5) is 3.58. The smallest absolute Gasteiger partial charge is 0.422 e. The highest BCUT2D eigenvalue weighted by molar-refractivity contribution is 6.53. The van der Waals surface area contributed by atoms with Gasteiger partial charge in [0, 0.05) is 5.03 Å². The van der Waals surface area contributed by atoms with E-state index >= 15 is 0 Å². The van der Waals surface area contributed by atoms with E-state index in [1.54, 1.807) is 0 Å². The van der Waals surface area contributed by atoms with E-state index in [9.17, 15) is 0 Å². The van der Waals surface area contributed by atoms with Gasteiger partial charge in [0.2, 0.25) is 0 Å². The van der Waals surface area contributed by atoms with Crippen molar-refractivity contribution in [3.63, 3.8) is 0 Å². The molecular formula is C6H8BClO3. The molecule has 0 radical (unpaired) electrons. The SMILES string of the molecule is C=C/C(Cl)=C\C(=C)B(O)OO. The average Bonchev–Trinajstić information content (AvgIpc) is 2.02. The Morgan fingerprint density at radius 3 is 2.55 bits per heavy atom. The topological polar surface area (TPSA) is 49.7 Å². The minimum absolute atomic E-state index is 0.150. The Morgan fingerprint density at radius 2 is 2.18 bits per heavy atom. The first-order valence-corrected chi connectivity index (χ1v) is 3.16. The summed E-state index contributed by atoms with van der Waals surface area (Å²) in [6, 6.07) is 0. The molecule has 0 saturated heterocycles. The first-order valence-electron chi connectivity index (χ1n) is 2.78. The molecule has 0 amide bonds. The van der Waals surface area contributed by atoms with E-state index in [0.717, 1.165) is 0 Å². The van der Waals surface area contributed by atoms with Crippen LogP contribution in [0.15, 0.2) is 35.8 Å². The molecule has 0 saturated carbocycles. The molecule has 0 rings (SSSR count). The molecule has 2 N–H and O–H groups in total. The van der Waals surface area contributed by atoms with Crippen molar-refractivity contribution in [1.82, 2.24) is 0 Å². The Balaban J connectivity index is 4.16. The number of hydrogen-bond donors (Lipinski definition) is 2. The maximum atomic E-state index is 8.76. The molecule has 0 aromatic carbocycles. The first-order chi connectivity index (χ1) is 5.11. The van der Waals surface area contributed by atoms with Crippen LogP contribution in [0.25, 0.3) is 0 Å². The summed E-state index contributed by atoms with van der Waals surface area (Å²) in [5.41, 5.74) is 0.150. The molecular weight excluding hydrogens is 166 g/mol. The lowest BCUT2D eigenvalue weighted by Gasteiger charge is -1.99. The van der Waals surface area contributed by atoms with E-state index in [-0.39, 0.29) is 5.47 Å². The van der Waals surface area contributed by atoms with E-state index in [0.29, 0.717) is 5.03 Å². The Bertz CT molecular complexity index is 190. The van der Waals surface area contributed by atoms with Crippen LogP contribution in [-0.2, 0) is 4.81 Å². The van der Waals surface area contributed by atoms with Crippen molar-refractivity contribution in [2.45, 2.75) is 0 Å². The van der Waals surface area contributed by atoms with E-state index in [1.807, 2.05) is 0 Å². The first kappa shape index (κ1) is 10.5. The lowest BCUT2D eigenvalue weighted by molar-refractivity contribution is -0.155. The van der Waals surface area contributed by atoms with Gasteiger partial charge in [-0.3, -0.25) is 10.1 Å². The normalized spacial score (nSPS) is 11.0. The van der Waals surface area contributed by atoms with Crippen LogP contribution in [0.2, 0.25) is 0 Å². The van der Waals surface area contributed by atoms with E-state index in [1.165, 1.54) is 12.2 Å². The lowest BCUT2D eigenvalue weighted by Crippen LogP contribution is -2.17. The van der Waals surface area contributed by atoms with Gasteiger partial charge >= 0.3 is 7.12 Å². The number of allylic oxidation sites excluding steroid dienone is 4. The van der Waals surface area contributed by atoms with Crippen LogP contribution < -0.4 is 0 Å². The van der Waals surface area contributed by atoms with Gasteiger partial charge in [0.1, 0.15) is 0 Å². The van der Waals surface area contributed by atoms with Gasteiger partial charge in [-0.1, -0.05) is 30.8 Å². The predicted molar refractivity (Wildman–Crippen MR) is 45.0 cm³/mol. The largest absolute Gasteiger partial charge is 0.522 e. The molecule has 60 valence electrons. The van der Waals surface area contributed by atoms with Crippen LogP contribution in [0.3, 0.4) is 0 Å². The molecule has 3 nitrogen and oxygen atoms in total. The summed E-state index contributed by atoms with van der Waals surface area (Å²) in [6.07, 6.45) is 2.70. The average molecular weight is 174 g/mol. The molecule has 0 spiro atoms. The fraction of sp³-hybridized carbons (Fsp3) is 0. The molecule has 0 fully saturated rings. The van der Waals surface area contributed by atoms with Crippen molar-refractivity contribution in [3.05, 3.63) is 35.8 Å². The van der Waals surface area contributed by atoms with E-state index in [4.69, 9.17) is 21.9 Å². The third-order valence-corrected chi connectivity index (χ3v) is 1.20. The molecule has 5 heteroatoms. The standard InChI is InChI=1S/C6H8BClO3/c1-3-6(8)4-5(2)7(9)11-10/h3-4,9-10H,1-2H2/b6-4+. The van der Waals surface area contributed by atoms with Crippen LogP contribution in [0, 0.1) is 0 Å². The summed E-state index contributed by atoms with van der Waals surface area (Å²) in [5.74, 6) is 0. The Hall–Kier alpha value is -0.545. The summed E-state index contributed by atoms with van der Waals surface area (Å²) in [7, 11) is -1.44. The van der Waals surface area contributed by atoms with Crippen LogP contribution in [0.4, 0.5) is 0 Å². The maximum Gasteiger partial charge on any atom is 0.522 e. The van der Waals surface area contributed by atoms with Crippen molar-refractivity contribution >= 4 is 18.7 Å². The van der Waals surface area contributed by atoms with Gasteiger partial charge in [0.25, 0.3) is 0 Å². The van der Waals surface area contributed by atoms with Gasteiger partial charge in [0.05, 0.1) is 0 Å². The Kier molecular flexibility index (Phi) is 4.90. The predicted octanol–water partition coefficient (Wildman–Crippen LogP) is 1.36. The monoisotopic (exact) mass is 174 g/mol. The highest BCUT2D eigenvalue weighted by Crippen LogP contribution is 2.07. The van der Waals surface area contributed by atoms with Crippen molar-refractivity contribution in [3.8, 4) is 0 Å². The number of halogens is 1. The van der Waals surface area contributed by atoms with Crippen LogP contribution >= 0.6 is 11.6 Å². The minimum atomic E-state index is -1.44. The van der Waals surface area contributed by atoms with Gasteiger partial charge in [0.15, 0.2) is 0 Å². The molecule has 0 aliphatic carbocycles. The molecule has 11 heavy (non-hydrogen) atoms. The third kappa shape index (κ3) is 4.00. The second-order valence-electron chi connectivity index (χ2n) is 1.77. The van der Waals surface area contributed by atoms with Crippen molar-refractivity contribution < 1.29 is 15.1 Å². The number of hydrogen-bond acceptors (Lipinski definition) is 3. The zero-order valence-corrected chi connectivity index (χ0v) is 6.58. The highest BCUT2D eigenvalue weighted by atomic mass is 35.5. The molecule has 0 aromatic heterocycles. The van der Waals surface area contributed by atoms with Gasteiger partial charge in [-0.05, 0) is 11.5 Å². The quantitative estimate of drug-likeness (QED) is 0.293. The molecule has 0 heterocycles. The van der Waals surface area contributed by atoms with Crippen LogP contribution in [-0.4, -0.2) is 17.4 Å². The molecule has 0 aromatic rings. The number of rotatable bonds is 4. The fourth-order valence-electron chi connectivity index (χ4n) is 0.375. The molecule has 0 bridgehead atoms. The van der Waals surface area contributed by atoms with Crippen molar-refractivity contribution in [1.29, 1.82) is 0 Å². The zero-order chi connectivity index (χ0) is 8.85. The molecule has 0 aliphatic heterocycles. The van der Waals surface area contributed by atoms with Gasteiger partial charge in [-0.15, -0.1) is 0 Å². The fourth-order valence-corrected chi connectivity index (χ4v) is 0.515. The second-order valence-corrected chi connectivity index (χ2v) is 2.20. The minimum Gasteiger partial charge on any atom is -0.422 e. The summed E-state index contributed by atoms with van der Waals surface area (Å²) in [6.45, 7) is 6.74. The summed E-state index contributed by atoms with van der Waals surface area (Å²) < 4.78 is 0.